The van der Waals surface area contributed by atoms with Crippen molar-refractivity contribution in [1.29, 1.82) is 0 Å². The van der Waals surface area contributed by atoms with E-state index in [1.165, 1.54) is 14.2 Å². The third-order valence-electron chi connectivity index (χ3n) is 0.371. The number of rotatable bonds is 2. The zero-order valence-electron chi connectivity index (χ0n) is 3.77. The van der Waals surface area contributed by atoms with Gasteiger partial charge in [0.05, 0.1) is 0 Å². The fraction of sp³-hybridized carbons (Fsp3) is 1.00. The van der Waals surface area contributed by atoms with E-state index >= 15 is 0 Å². The molecule has 0 N–H and O–H groups in total. The van der Waals surface area contributed by atoms with Crippen LogP contribution in [0.15, 0.2) is 0 Å². The molecule has 0 saturated heterocycles. The number of hydrogen-bond acceptors (Lipinski definition) is 2. The molecule has 6 heavy (non-hydrogen) atoms. The molecule has 0 atom stereocenters. The van der Waals surface area contributed by atoms with E-state index in [0.717, 1.165) is 0 Å². The Morgan fingerprint density at radius 2 is 1.67 bits per heavy atom. The molecule has 0 bridgehead atoms. The zero-order valence-corrected chi connectivity index (χ0v) is 6.19. The van der Waals surface area contributed by atoms with Crippen molar-refractivity contribution in [2.45, 2.75) is 0 Å². The van der Waals surface area contributed by atoms with Crippen molar-refractivity contribution in [3.05, 3.63) is 0 Å². The van der Waals surface area contributed by atoms with Gasteiger partial charge in [-0.05, 0) is 0 Å². The van der Waals surface area contributed by atoms with Gasteiger partial charge in [-0.3, -0.25) is 0 Å². The first-order valence-electron chi connectivity index (χ1n) is 1.51. The van der Waals surface area contributed by atoms with Crippen LogP contribution in [0.3, 0.4) is 0 Å². The van der Waals surface area contributed by atoms with Crippen LogP contribution in [-0.2, 0) is 7.06 Å². The predicted molar refractivity (Wildman–Crippen MR) is 20.9 cm³/mol. The summed E-state index contributed by atoms with van der Waals surface area (Å²) < 4.78 is 20.0. The van der Waals surface area contributed by atoms with Gasteiger partial charge in [0.2, 0.25) is 0 Å². The summed E-state index contributed by atoms with van der Waals surface area (Å²) >= 11 is -3.04. The molecule has 0 spiro atoms. The van der Waals surface area contributed by atoms with E-state index in [2.05, 4.69) is 7.06 Å². The molecule has 0 heterocycles. The van der Waals surface area contributed by atoms with Gasteiger partial charge >= 0.3 is 42.0 Å². The second-order valence-electron chi connectivity index (χ2n) is 0.746. The molecule has 0 aromatic rings. The third-order valence-corrected chi connectivity index (χ3v) is 1.93. The van der Waals surface area contributed by atoms with E-state index in [9.17, 15) is 3.29 Å². The maximum absolute atomic E-state index is 11.6. The van der Waals surface area contributed by atoms with Gasteiger partial charge < -0.3 is 0 Å². The molecule has 0 aromatic heterocycles. The monoisotopic (exact) mass is 150 g/mol. The first kappa shape index (κ1) is 6.49. The van der Waals surface area contributed by atoms with Gasteiger partial charge in [-0.25, -0.2) is 0 Å². The van der Waals surface area contributed by atoms with Gasteiger partial charge in [0.1, 0.15) is 0 Å². The molecule has 0 aliphatic rings. The summed E-state index contributed by atoms with van der Waals surface area (Å²) in [6, 6.07) is 0. The van der Waals surface area contributed by atoms with Crippen LogP contribution in [0.1, 0.15) is 0 Å². The van der Waals surface area contributed by atoms with Gasteiger partial charge in [0.15, 0.2) is 0 Å². The molecule has 0 amide bonds. The van der Waals surface area contributed by atoms with Gasteiger partial charge in [-0.2, -0.15) is 0 Å². The zero-order chi connectivity index (χ0) is 4.99. The Morgan fingerprint density at radius 3 is 1.67 bits per heavy atom. The summed E-state index contributed by atoms with van der Waals surface area (Å²) in [5.41, 5.74) is 0. The molecule has 0 aliphatic carbocycles. The van der Waals surface area contributed by atoms with Crippen LogP contribution in [0.25, 0.3) is 0 Å². The Bertz CT molecular complexity index is 30.7. The van der Waals surface area contributed by atoms with Crippen molar-refractivity contribution in [1.82, 2.24) is 0 Å². The van der Waals surface area contributed by atoms with E-state index in [4.69, 9.17) is 0 Å². The quantitative estimate of drug-likeness (QED) is 0.525. The summed E-state index contributed by atoms with van der Waals surface area (Å²) in [5.74, 6) is 0. The van der Waals surface area contributed by atoms with Crippen molar-refractivity contribution >= 4 is 17.5 Å². The van der Waals surface area contributed by atoms with E-state index in [1.54, 1.807) is 0 Å². The third kappa shape index (κ3) is 2.71. The Labute approximate surface area is 42.7 Å². The normalized spacial score (nSPS) is 8.50. The van der Waals surface area contributed by atoms with Crippen LogP contribution in [0.5, 0.6) is 0 Å². The fourth-order valence-electron chi connectivity index (χ4n) is 0.0962. The molecular weight excluding hydrogens is 145 g/mol. The van der Waals surface area contributed by atoms with Crippen molar-refractivity contribution in [3.63, 3.8) is 0 Å². The number of hydrogen-bond donors (Lipinski definition) is 0. The van der Waals surface area contributed by atoms with Crippen LogP contribution in [0.4, 0.5) is 3.29 Å². The molecule has 0 saturated carbocycles. The topological polar surface area (TPSA) is 18.5 Å². The van der Waals surface area contributed by atoms with Crippen molar-refractivity contribution in [2.24, 2.45) is 0 Å². The van der Waals surface area contributed by atoms with E-state index in [-0.39, 0.29) is 0 Å². The second-order valence-corrected chi connectivity index (χ2v) is 3.88. The van der Waals surface area contributed by atoms with Crippen LogP contribution in [0, 0.1) is 0 Å². The van der Waals surface area contributed by atoms with Crippen LogP contribution < -0.4 is 0 Å². The first-order chi connectivity index (χ1) is 2.81. The van der Waals surface area contributed by atoms with Crippen LogP contribution in [0.2, 0.25) is 0 Å². The Hall–Kier alpha value is 0.486. The number of halogens is 1. The van der Waals surface area contributed by atoms with Gasteiger partial charge in [0.25, 0.3) is 0 Å². The molecule has 2 nitrogen and oxygen atoms in total. The molecule has 36 valence electrons. The van der Waals surface area contributed by atoms with Crippen molar-refractivity contribution in [2.75, 3.05) is 14.2 Å². The molecule has 0 fully saturated rings. The summed E-state index contributed by atoms with van der Waals surface area (Å²) in [7, 11) is 2.63. The van der Waals surface area contributed by atoms with Crippen LogP contribution in [-0.4, -0.2) is 31.7 Å². The summed E-state index contributed by atoms with van der Waals surface area (Å²) in [6.07, 6.45) is 0. The standard InChI is InChI=1S/2CH3O.FH.Ga/c2*1-2;;/h2*1H3;1H;/q2*-1;;+3/p-1. The molecule has 0 aromatic carbocycles. The minimum absolute atomic E-state index is 1.31. The molecule has 0 radical (unpaired) electrons. The minimum atomic E-state index is -3.04. The van der Waals surface area contributed by atoms with E-state index in [1.807, 2.05) is 0 Å². The van der Waals surface area contributed by atoms with Gasteiger partial charge in [-0.1, -0.05) is 0 Å². The van der Waals surface area contributed by atoms with Crippen molar-refractivity contribution in [3.8, 4) is 0 Å². The second kappa shape index (κ2) is 3.67. The molecule has 0 rings (SSSR count). The predicted octanol–water partition coefficient (Wildman–Crippen LogP) is 0.234. The first-order valence-corrected chi connectivity index (χ1v) is 4.40. The average Bonchev–Trinajstić information content (AvgIpc) is 1.65. The Kier molecular flexibility index (Phi) is 3.97. The van der Waals surface area contributed by atoms with Crippen molar-refractivity contribution < 1.29 is 10.3 Å². The van der Waals surface area contributed by atoms with E-state index in [0.29, 0.717) is 0 Å². The SMILES string of the molecule is C[O][Ga]([F])[O]C. The average molecular weight is 151 g/mol. The van der Waals surface area contributed by atoms with E-state index < -0.39 is 17.5 Å². The molecule has 0 unspecified atom stereocenters. The van der Waals surface area contributed by atoms with Gasteiger partial charge in [-0.15, -0.1) is 0 Å². The molecule has 4 heteroatoms. The van der Waals surface area contributed by atoms with Crippen LogP contribution >= 0.6 is 0 Å². The maximum atomic E-state index is 11.6. The molecular formula is C2H6FGaO2. The Morgan fingerprint density at radius 1 is 1.33 bits per heavy atom. The summed E-state index contributed by atoms with van der Waals surface area (Å²) in [6.45, 7) is 0. The summed E-state index contributed by atoms with van der Waals surface area (Å²) in [4.78, 5) is 0. The van der Waals surface area contributed by atoms with Gasteiger partial charge in [0, 0.05) is 0 Å². The summed E-state index contributed by atoms with van der Waals surface area (Å²) in [5, 5.41) is 0. The fourth-order valence-corrected chi connectivity index (χ4v) is 0.500. The Balaban J connectivity index is 2.75. The molecule has 0 aliphatic heterocycles.